The molecule has 0 bridgehead atoms. The normalized spacial score (nSPS) is 19.9. The Bertz CT molecular complexity index is 1150. The summed E-state index contributed by atoms with van der Waals surface area (Å²) >= 11 is 0. The summed E-state index contributed by atoms with van der Waals surface area (Å²) in [5.74, 6) is 0. The van der Waals surface area contributed by atoms with Crippen LogP contribution >= 0.6 is 0 Å². The second kappa shape index (κ2) is 4.87. The Morgan fingerprint density at radius 2 is 1.67 bits per heavy atom. The van der Waals surface area contributed by atoms with Crippen LogP contribution in [-0.2, 0) is 0 Å². The summed E-state index contributed by atoms with van der Waals surface area (Å²) in [6, 6.07) is 18.5. The van der Waals surface area contributed by atoms with Gasteiger partial charge in [0.2, 0.25) is 0 Å². The van der Waals surface area contributed by atoms with E-state index in [2.05, 4.69) is 24.3 Å². The maximum atomic E-state index is 10.4. The molecule has 3 aromatic carbocycles. The average molecular weight is 313 g/mol. The molecular weight excluding hydrogens is 298 g/mol. The van der Waals surface area contributed by atoms with Crippen molar-refractivity contribution in [3.63, 3.8) is 0 Å². The van der Waals surface area contributed by atoms with Crippen LogP contribution in [-0.4, -0.2) is 21.3 Å². The van der Waals surface area contributed by atoms with E-state index in [1.165, 1.54) is 10.8 Å². The molecule has 5 rings (SSSR count). The highest BCUT2D eigenvalue weighted by molar-refractivity contribution is 6.10. The third kappa shape index (κ3) is 1.83. The van der Waals surface area contributed by atoms with E-state index in [0.29, 0.717) is 5.56 Å². The Hall–Kier alpha value is -2.75. The third-order valence-corrected chi connectivity index (χ3v) is 4.85. The number of aliphatic hydroxyl groups is 2. The van der Waals surface area contributed by atoms with Crippen LogP contribution in [0.4, 0.5) is 0 Å². The maximum Gasteiger partial charge on any atom is 0.111 e. The fourth-order valence-corrected chi connectivity index (χ4v) is 3.63. The fourth-order valence-electron chi connectivity index (χ4n) is 3.63. The molecule has 3 nitrogen and oxygen atoms in total. The van der Waals surface area contributed by atoms with Crippen LogP contribution < -0.4 is 0 Å². The van der Waals surface area contributed by atoms with E-state index in [4.69, 9.17) is 4.98 Å². The minimum absolute atomic E-state index is 0.706. The van der Waals surface area contributed by atoms with Crippen LogP contribution in [0.15, 0.2) is 60.7 Å². The molecule has 116 valence electrons. The van der Waals surface area contributed by atoms with Crippen LogP contribution in [0.2, 0.25) is 0 Å². The number of hydrogen-bond donors (Lipinski definition) is 2. The standard InChI is InChI=1S/C21H15NO2/c23-18-10-8-13-5-6-14-11-16-15-4-2-1-3-12(15)7-9-17(16)22-20(14)19(13)21(18)24/h1-11,18,21,23-24H/t18-,21+/m0/s1. The first-order valence-corrected chi connectivity index (χ1v) is 8.02. The quantitative estimate of drug-likeness (QED) is 0.381. The van der Waals surface area contributed by atoms with E-state index >= 15 is 0 Å². The van der Waals surface area contributed by atoms with Gasteiger partial charge in [-0.2, -0.15) is 0 Å². The Morgan fingerprint density at radius 1 is 0.833 bits per heavy atom. The minimum atomic E-state index is -0.945. The summed E-state index contributed by atoms with van der Waals surface area (Å²) in [5.41, 5.74) is 3.27. The minimum Gasteiger partial charge on any atom is -0.386 e. The molecule has 2 N–H and O–H groups in total. The Kier molecular flexibility index (Phi) is 2.77. The molecule has 0 radical (unpaired) electrons. The van der Waals surface area contributed by atoms with Crippen molar-refractivity contribution in [2.75, 3.05) is 0 Å². The third-order valence-electron chi connectivity index (χ3n) is 4.85. The van der Waals surface area contributed by atoms with Crippen molar-refractivity contribution >= 4 is 38.7 Å². The van der Waals surface area contributed by atoms with E-state index in [9.17, 15) is 10.2 Å². The van der Waals surface area contributed by atoms with Crippen molar-refractivity contribution < 1.29 is 10.2 Å². The molecular formula is C21H15NO2. The smallest absolute Gasteiger partial charge is 0.111 e. The second-order valence-corrected chi connectivity index (χ2v) is 6.28. The number of benzene rings is 3. The molecule has 0 saturated carbocycles. The summed E-state index contributed by atoms with van der Waals surface area (Å²) in [6.07, 6.45) is 1.63. The zero-order chi connectivity index (χ0) is 16.3. The van der Waals surface area contributed by atoms with Crippen LogP contribution in [0.25, 0.3) is 38.7 Å². The molecule has 4 aromatic rings. The molecule has 1 aromatic heterocycles. The lowest BCUT2D eigenvalue weighted by Crippen LogP contribution is -2.20. The molecule has 0 saturated heterocycles. The highest BCUT2D eigenvalue weighted by Gasteiger charge is 2.25. The summed E-state index contributed by atoms with van der Waals surface area (Å²) in [7, 11) is 0. The van der Waals surface area contributed by atoms with E-state index < -0.39 is 12.2 Å². The van der Waals surface area contributed by atoms with Crippen molar-refractivity contribution in [2.45, 2.75) is 12.2 Å². The van der Waals surface area contributed by atoms with E-state index in [0.717, 1.165) is 27.4 Å². The van der Waals surface area contributed by atoms with Crippen molar-refractivity contribution in [3.05, 3.63) is 71.8 Å². The summed E-state index contributed by atoms with van der Waals surface area (Å²) in [4.78, 5) is 4.82. The number of fused-ring (bicyclic) bond motifs is 6. The van der Waals surface area contributed by atoms with Crippen molar-refractivity contribution in [3.8, 4) is 0 Å². The number of nitrogens with zero attached hydrogens (tertiary/aromatic N) is 1. The monoisotopic (exact) mass is 313 g/mol. The van der Waals surface area contributed by atoms with Gasteiger partial charge in [0.05, 0.1) is 11.0 Å². The SMILES string of the molecule is O[C@H]1C=Cc2ccc3cc4c(ccc5ccccc54)nc3c2[C@@H]1O. The molecule has 1 aliphatic carbocycles. The van der Waals surface area contributed by atoms with Gasteiger partial charge in [-0.25, -0.2) is 4.98 Å². The Morgan fingerprint density at radius 3 is 2.58 bits per heavy atom. The lowest BCUT2D eigenvalue weighted by molar-refractivity contribution is 0.0479. The molecule has 1 aliphatic rings. The van der Waals surface area contributed by atoms with Crippen molar-refractivity contribution in [2.24, 2.45) is 0 Å². The van der Waals surface area contributed by atoms with Gasteiger partial charge in [0.25, 0.3) is 0 Å². The number of hydrogen-bond acceptors (Lipinski definition) is 3. The Labute approximate surface area is 138 Å². The first-order valence-electron chi connectivity index (χ1n) is 8.02. The van der Waals surface area contributed by atoms with Gasteiger partial charge in [-0.1, -0.05) is 54.6 Å². The molecule has 3 heteroatoms. The van der Waals surface area contributed by atoms with Crippen molar-refractivity contribution in [1.29, 1.82) is 0 Å². The molecule has 0 aliphatic heterocycles. The van der Waals surface area contributed by atoms with E-state index in [1.54, 1.807) is 6.08 Å². The lowest BCUT2D eigenvalue weighted by Gasteiger charge is -2.23. The zero-order valence-electron chi connectivity index (χ0n) is 12.8. The molecule has 0 amide bonds. The number of pyridine rings is 1. The van der Waals surface area contributed by atoms with Gasteiger partial charge < -0.3 is 10.2 Å². The van der Waals surface area contributed by atoms with Gasteiger partial charge in [0, 0.05) is 16.3 Å². The summed E-state index contributed by atoms with van der Waals surface area (Å²) in [6.45, 7) is 0. The molecule has 1 heterocycles. The van der Waals surface area contributed by atoms with Gasteiger partial charge >= 0.3 is 0 Å². The van der Waals surface area contributed by atoms with E-state index in [-0.39, 0.29) is 0 Å². The topological polar surface area (TPSA) is 53.4 Å². The predicted octanol–water partition coefficient (Wildman–Crippen LogP) is 3.96. The van der Waals surface area contributed by atoms with Crippen LogP contribution in [0, 0.1) is 0 Å². The van der Waals surface area contributed by atoms with Crippen LogP contribution in [0.3, 0.4) is 0 Å². The largest absolute Gasteiger partial charge is 0.386 e. The van der Waals surface area contributed by atoms with Crippen LogP contribution in [0.1, 0.15) is 17.2 Å². The summed E-state index contributed by atoms with van der Waals surface area (Å²) < 4.78 is 0. The van der Waals surface area contributed by atoms with Gasteiger partial charge in [-0.05, 0) is 28.5 Å². The second-order valence-electron chi connectivity index (χ2n) is 6.28. The predicted molar refractivity (Wildman–Crippen MR) is 96.8 cm³/mol. The molecule has 0 spiro atoms. The van der Waals surface area contributed by atoms with Gasteiger partial charge in [0.15, 0.2) is 0 Å². The fraction of sp³-hybridized carbons (Fsp3) is 0.0952. The van der Waals surface area contributed by atoms with Gasteiger partial charge in [0.1, 0.15) is 12.2 Å². The highest BCUT2D eigenvalue weighted by Crippen LogP contribution is 2.35. The molecule has 24 heavy (non-hydrogen) atoms. The zero-order valence-corrected chi connectivity index (χ0v) is 12.8. The van der Waals surface area contributed by atoms with Crippen molar-refractivity contribution in [1.82, 2.24) is 4.98 Å². The maximum absolute atomic E-state index is 10.4. The lowest BCUT2D eigenvalue weighted by atomic mass is 9.90. The highest BCUT2D eigenvalue weighted by atomic mass is 16.3. The molecule has 0 fully saturated rings. The van der Waals surface area contributed by atoms with Gasteiger partial charge in [-0.3, -0.25) is 0 Å². The number of aliphatic hydroxyl groups excluding tert-OH is 2. The van der Waals surface area contributed by atoms with Crippen LogP contribution in [0.5, 0.6) is 0 Å². The Balaban J connectivity index is 1.92. The summed E-state index contributed by atoms with van der Waals surface area (Å²) in [5, 5.41) is 24.8. The van der Waals surface area contributed by atoms with E-state index in [1.807, 2.05) is 36.4 Å². The molecule has 2 atom stereocenters. The number of rotatable bonds is 0. The van der Waals surface area contributed by atoms with Gasteiger partial charge in [-0.15, -0.1) is 0 Å². The first-order chi connectivity index (χ1) is 11.7. The molecule has 0 unspecified atom stereocenters. The number of aromatic nitrogens is 1. The average Bonchev–Trinajstić information content (AvgIpc) is 2.62. The first kappa shape index (κ1) is 13.7.